The Balaban J connectivity index is 1.86. The summed E-state index contributed by atoms with van der Waals surface area (Å²) < 4.78 is 19.2. The van der Waals surface area contributed by atoms with Gasteiger partial charge in [0.15, 0.2) is 0 Å². The summed E-state index contributed by atoms with van der Waals surface area (Å²) in [5, 5.41) is 3.36. The second kappa shape index (κ2) is 5.86. The molecule has 0 aromatic heterocycles. The zero-order chi connectivity index (χ0) is 14.8. The molecule has 2 aromatic rings. The van der Waals surface area contributed by atoms with Gasteiger partial charge in [-0.3, -0.25) is 0 Å². The highest BCUT2D eigenvalue weighted by Crippen LogP contribution is 2.28. The van der Waals surface area contributed by atoms with Crippen molar-refractivity contribution in [3.05, 3.63) is 53.3 Å². The number of benzene rings is 2. The molecular weight excluding hydrogens is 265 g/mol. The van der Waals surface area contributed by atoms with Crippen LogP contribution in [-0.2, 0) is 6.54 Å². The number of aryl methyl sites for hydroxylation is 1. The molecule has 0 saturated heterocycles. The first-order chi connectivity index (χ1) is 10.2. The number of methoxy groups -OCH3 is 1. The van der Waals surface area contributed by atoms with Crippen LogP contribution in [0.3, 0.4) is 0 Å². The van der Waals surface area contributed by atoms with Crippen molar-refractivity contribution < 1.29 is 9.13 Å². The van der Waals surface area contributed by atoms with E-state index in [1.54, 1.807) is 13.2 Å². The molecule has 1 N–H and O–H groups in total. The van der Waals surface area contributed by atoms with Crippen LogP contribution in [0.4, 0.5) is 4.39 Å². The number of rotatable bonds is 5. The molecular formula is C18H20FNO. The van der Waals surface area contributed by atoms with Crippen molar-refractivity contribution in [1.29, 1.82) is 0 Å². The topological polar surface area (TPSA) is 21.3 Å². The van der Waals surface area contributed by atoms with E-state index in [1.165, 1.54) is 12.8 Å². The summed E-state index contributed by atoms with van der Waals surface area (Å²) in [6.45, 7) is 2.61. The Morgan fingerprint density at radius 1 is 1.14 bits per heavy atom. The SMILES string of the molecule is COc1ccc(-c2ccc(F)c(CNC3CC3)c2)cc1C. The largest absolute Gasteiger partial charge is 0.496 e. The van der Waals surface area contributed by atoms with Gasteiger partial charge in [0.25, 0.3) is 0 Å². The van der Waals surface area contributed by atoms with Crippen LogP contribution in [0.1, 0.15) is 24.0 Å². The minimum absolute atomic E-state index is 0.142. The smallest absolute Gasteiger partial charge is 0.127 e. The van der Waals surface area contributed by atoms with E-state index in [4.69, 9.17) is 4.74 Å². The van der Waals surface area contributed by atoms with E-state index in [1.807, 2.05) is 31.2 Å². The van der Waals surface area contributed by atoms with Crippen molar-refractivity contribution in [2.24, 2.45) is 0 Å². The molecule has 0 aliphatic heterocycles. The number of halogens is 1. The summed E-state index contributed by atoms with van der Waals surface area (Å²) in [6, 6.07) is 11.9. The second-order valence-electron chi connectivity index (χ2n) is 5.65. The number of hydrogen-bond acceptors (Lipinski definition) is 2. The van der Waals surface area contributed by atoms with Gasteiger partial charge in [-0.25, -0.2) is 4.39 Å². The average Bonchev–Trinajstić information content (AvgIpc) is 3.30. The summed E-state index contributed by atoms with van der Waals surface area (Å²) in [4.78, 5) is 0. The highest BCUT2D eigenvalue weighted by molar-refractivity contribution is 5.66. The van der Waals surface area contributed by atoms with E-state index in [2.05, 4.69) is 11.4 Å². The predicted octanol–water partition coefficient (Wildman–Crippen LogP) is 4.06. The highest BCUT2D eigenvalue weighted by Gasteiger charge is 2.20. The molecule has 0 amide bonds. The Bertz CT molecular complexity index is 650. The van der Waals surface area contributed by atoms with Gasteiger partial charge in [0, 0.05) is 18.2 Å². The van der Waals surface area contributed by atoms with E-state index >= 15 is 0 Å². The van der Waals surface area contributed by atoms with Gasteiger partial charge in [0.2, 0.25) is 0 Å². The molecule has 0 atom stereocenters. The third-order valence-electron chi connectivity index (χ3n) is 3.93. The van der Waals surface area contributed by atoms with E-state index < -0.39 is 0 Å². The first-order valence-corrected chi connectivity index (χ1v) is 7.34. The Morgan fingerprint density at radius 3 is 2.52 bits per heavy atom. The van der Waals surface area contributed by atoms with E-state index in [9.17, 15) is 4.39 Å². The maximum absolute atomic E-state index is 13.9. The van der Waals surface area contributed by atoms with Crippen molar-refractivity contribution in [2.45, 2.75) is 32.4 Å². The lowest BCUT2D eigenvalue weighted by Crippen LogP contribution is -2.16. The fourth-order valence-corrected chi connectivity index (χ4v) is 2.49. The van der Waals surface area contributed by atoms with E-state index in [-0.39, 0.29) is 5.82 Å². The van der Waals surface area contributed by atoms with Crippen molar-refractivity contribution in [3.63, 3.8) is 0 Å². The third-order valence-corrected chi connectivity index (χ3v) is 3.93. The molecule has 110 valence electrons. The Labute approximate surface area is 125 Å². The molecule has 0 heterocycles. The van der Waals surface area contributed by atoms with E-state index in [0.717, 1.165) is 28.0 Å². The normalized spacial score (nSPS) is 14.2. The van der Waals surface area contributed by atoms with Gasteiger partial charge in [-0.2, -0.15) is 0 Å². The summed E-state index contributed by atoms with van der Waals surface area (Å²) in [7, 11) is 1.67. The minimum atomic E-state index is -0.142. The molecule has 2 nitrogen and oxygen atoms in total. The molecule has 0 bridgehead atoms. The van der Waals surface area contributed by atoms with Crippen LogP contribution in [0, 0.1) is 12.7 Å². The van der Waals surface area contributed by atoms with Gasteiger partial charge in [0.05, 0.1) is 7.11 Å². The van der Waals surface area contributed by atoms with Crippen molar-refractivity contribution in [2.75, 3.05) is 7.11 Å². The van der Waals surface area contributed by atoms with Crippen LogP contribution in [0.25, 0.3) is 11.1 Å². The summed E-state index contributed by atoms with van der Waals surface area (Å²) in [5.74, 6) is 0.730. The number of hydrogen-bond donors (Lipinski definition) is 1. The lowest BCUT2D eigenvalue weighted by atomic mass is 10.0. The lowest BCUT2D eigenvalue weighted by molar-refractivity contribution is 0.412. The van der Waals surface area contributed by atoms with Crippen LogP contribution >= 0.6 is 0 Å². The van der Waals surface area contributed by atoms with Gasteiger partial charge < -0.3 is 10.1 Å². The van der Waals surface area contributed by atoms with Crippen molar-refractivity contribution >= 4 is 0 Å². The fourth-order valence-electron chi connectivity index (χ4n) is 2.49. The highest BCUT2D eigenvalue weighted by atomic mass is 19.1. The molecule has 1 aliphatic carbocycles. The molecule has 1 saturated carbocycles. The third kappa shape index (κ3) is 3.24. The number of nitrogens with one attached hydrogen (secondary N) is 1. The molecule has 0 spiro atoms. The molecule has 1 fully saturated rings. The standard InChI is InChI=1S/C18H20FNO/c1-12-9-13(4-8-18(12)21-2)14-3-7-17(19)15(10-14)11-20-16-5-6-16/h3-4,7-10,16,20H,5-6,11H2,1-2H3. The quantitative estimate of drug-likeness (QED) is 0.894. The zero-order valence-corrected chi connectivity index (χ0v) is 12.4. The maximum Gasteiger partial charge on any atom is 0.127 e. The minimum Gasteiger partial charge on any atom is -0.496 e. The van der Waals surface area contributed by atoms with Gasteiger partial charge in [0.1, 0.15) is 11.6 Å². The van der Waals surface area contributed by atoms with Crippen LogP contribution in [0.15, 0.2) is 36.4 Å². The van der Waals surface area contributed by atoms with Gasteiger partial charge in [-0.15, -0.1) is 0 Å². The second-order valence-corrected chi connectivity index (χ2v) is 5.65. The summed E-state index contributed by atoms with van der Waals surface area (Å²) >= 11 is 0. The molecule has 0 radical (unpaired) electrons. The molecule has 3 heteroatoms. The monoisotopic (exact) mass is 285 g/mol. The molecule has 21 heavy (non-hydrogen) atoms. The first kappa shape index (κ1) is 14.1. The van der Waals surface area contributed by atoms with Crippen molar-refractivity contribution in [1.82, 2.24) is 5.32 Å². The zero-order valence-electron chi connectivity index (χ0n) is 12.4. The molecule has 0 unspecified atom stereocenters. The van der Waals surface area contributed by atoms with Crippen molar-refractivity contribution in [3.8, 4) is 16.9 Å². The van der Waals surface area contributed by atoms with Gasteiger partial charge in [-0.1, -0.05) is 12.1 Å². The summed E-state index contributed by atoms with van der Waals surface area (Å²) in [6.07, 6.45) is 2.41. The maximum atomic E-state index is 13.9. The molecule has 2 aromatic carbocycles. The molecule has 1 aliphatic rings. The fraction of sp³-hybridized carbons (Fsp3) is 0.333. The number of ether oxygens (including phenoxy) is 1. The molecule has 3 rings (SSSR count). The van der Waals surface area contributed by atoms with Crippen LogP contribution < -0.4 is 10.1 Å². The van der Waals surface area contributed by atoms with Gasteiger partial charge >= 0.3 is 0 Å². The Morgan fingerprint density at radius 2 is 1.86 bits per heavy atom. The van der Waals surface area contributed by atoms with Crippen LogP contribution in [0.2, 0.25) is 0 Å². The van der Waals surface area contributed by atoms with Crippen LogP contribution in [0.5, 0.6) is 5.75 Å². The average molecular weight is 285 g/mol. The van der Waals surface area contributed by atoms with Gasteiger partial charge in [-0.05, 0) is 60.7 Å². The summed E-state index contributed by atoms with van der Waals surface area (Å²) in [5.41, 5.74) is 3.93. The van der Waals surface area contributed by atoms with Crippen LogP contribution in [-0.4, -0.2) is 13.2 Å². The Hall–Kier alpha value is -1.87. The van der Waals surface area contributed by atoms with E-state index in [0.29, 0.717) is 12.6 Å². The predicted molar refractivity (Wildman–Crippen MR) is 83.0 cm³/mol. The first-order valence-electron chi connectivity index (χ1n) is 7.34. The Kier molecular flexibility index (Phi) is 3.93. The lowest BCUT2D eigenvalue weighted by Gasteiger charge is -2.10.